The molecule has 2 heterocycles. The molecule has 88 valence electrons. The highest BCUT2D eigenvalue weighted by Gasteiger charge is 2.23. The Balaban J connectivity index is 2.18. The molecule has 0 radical (unpaired) electrons. The molecule has 0 fully saturated rings. The molecule has 0 amide bonds. The van der Waals surface area contributed by atoms with Crippen molar-refractivity contribution in [2.75, 3.05) is 0 Å². The third-order valence-electron chi connectivity index (χ3n) is 3.32. The molecular formula is C12H15N5. The average Bonchev–Trinajstić information content (AvgIpc) is 2.68. The van der Waals surface area contributed by atoms with Gasteiger partial charge in [-0.25, -0.2) is 4.98 Å². The minimum absolute atomic E-state index is 0.148. The summed E-state index contributed by atoms with van der Waals surface area (Å²) in [6, 6.07) is 2.30. The summed E-state index contributed by atoms with van der Waals surface area (Å²) in [5.74, 6) is 0.639. The molecule has 1 aliphatic rings. The van der Waals surface area contributed by atoms with Crippen LogP contribution in [0.25, 0.3) is 5.95 Å². The molecule has 0 bridgehead atoms. The Morgan fingerprint density at radius 2 is 2.29 bits per heavy atom. The van der Waals surface area contributed by atoms with E-state index < -0.39 is 0 Å². The smallest absolute Gasteiger partial charge is 0.253 e. The summed E-state index contributed by atoms with van der Waals surface area (Å²) >= 11 is 0. The fourth-order valence-electron chi connectivity index (χ4n) is 2.56. The lowest BCUT2D eigenvalue weighted by Gasteiger charge is -2.20. The van der Waals surface area contributed by atoms with Gasteiger partial charge in [0.2, 0.25) is 0 Å². The SMILES string of the molecule is Cc1cc2c(n1-c1nccnn1)CCCC2N. The van der Waals surface area contributed by atoms with E-state index in [1.807, 2.05) is 0 Å². The van der Waals surface area contributed by atoms with Crippen LogP contribution in [0.4, 0.5) is 0 Å². The first-order valence-corrected chi connectivity index (χ1v) is 5.88. The maximum absolute atomic E-state index is 6.14. The Kier molecular flexibility index (Phi) is 2.40. The van der Waals surface area contributed by atoms with Gasteiger partial charge < -0.3 is 5.73 Å². The first-order valence-electron chi connectivity index (χ1n) is 5.88. The number of aromatic nitrogens is 4. The molecule has 0 aromatic carbocycles. The van der Waals surface area contributed by atoms with E-state index in [0.717, 1.165) is 25.0 Å². The van der Waals surface area contributed by atoms with Gasteiger partial charge in [-0.05, 0) is 37.8 Å². The van der Waals surface area contributed by atoms with Crippen molar-refractivity contribution in [2.24, 2.45) is 5.73 Å². The number of hydrogen-bond donors (Lipinski definition) is 1. The van der Waals surface area contributed by atoms with Crippen LogP contribution in [-0.4, -0.2) is 19.7 Å². The largest absolute Gasteiger partial charge is 0.324 e. The second-order valence-corrected chi connectivity index (χ2v) is 4.46. The van der Waals surface area contributed by atoms with Crippen molar-refractivity contribution >= 4 is 0 Å². The van der Waals surface area contributed by atoms with Crippen LogP contribution in [0, 0.1) is 6.92 Å². The zero-order valence-electron chi connectivity index (χ0n) is 9.80. The molecule has 2 aromatic rings. The van der Waals surface area contributed by atoms with Crippen LogP contribution in [-0.2, 0) is 6.42 Å². The first kappa shape index (κ1) is 10.4. The number of nitrogens with two attached hydrogens (primary N) is 1. The lowest BCUT2D eigenvalue weighted by molar-refractivity contribution is 0.557. The van der Waals surface area contributed by atoms with E-state index >= 15 is 0 Å². The van der Waals surface area contributed by atoms with E-state index in [-0.39, 0.29) is 6.04 Å². The zero-order chi connectivity index (χ0) is 11.8. The molecule has 0 aliphatic heterocycles. The van der Waals surface area contributed by atoms with Crippen molar-refractivity contribution < 1.29 is 0 Å². The molecule has 17 heavy (non-hydrogen) atoms. The molecular weight excluding hydrogens is 214 g/mol. The molecule has 2 N–H and O–H groups in total. The van der Waals surface area contributed by atoms with Crippen molar-refractivity contribution in [3.05, 3.63) is 35.4 Å². The van der Waals surface area contributed by atoms with E-state index in [0.29, 0.717) is 5.95 Å². The molecule has 2 aromatic heterocycles. The van der Waals surface area contributed by atoms with Crippen molar-refractivity contribution in [2.45, 2.75) is 32.2 Å². The molecule has 1 atom stereocenters. The molecule has 0 spiro atoms. The van der Waals surface area contributed by atoms with Crippen LogP contribution < -0.4 is 5.73 Å². The van der Waals surface area contributed by atoms with Gasteiger partial charge in [0.25, 0.3) is 5.95 Å². The van der Waals surface area contributed by atoms with Gasteiger partial charge >= 0.3 is 0 Å². The predicted molar refractivity (Wildman–Crippen MR) is 63.8 cm³/mol. The highest BCUT2D eigenvalue weighted by atomic mass is 15.3. The number of fused-ring (bicyclic) bond motifs is 1. The Morgan fingerprint density at radius 3 is 3.06 bits per heavy atom. The minimum atomic E-state index is 0.148. The van der Waals surface area contributed by atoms with Gasteiger partial charge in [-0.3, -0.25) is 4.57 Å². The summed E-state index contributed by atoms with van der Waals surface area (Å²) in [7, 11) is 0. The van der Waals surface area contributed by atoms with Crippen LogP contribution in [0.1, 0.15) is 35.8 Å². The highest BCUT2D eigenvalue weighted by Crippen LogP contribution is 2.31. The minimum Gasteiger partial charge on any atom is -0.324 e. The Morgan fingerprint density at radius 1 is 1.41 bits per heavy atom. The van der Waals surface area contributed by atoms with Gasteiger partial charge in [-0.2, -0.15) is 5.10 Å². The summed E-state index contributed by atoms with van der Waals surface area (Å²) in [6.07, 6.45) is 6.47. The number of rotatable bonds is 1. The standard InChI is InChI=1S/C12H15N5/c1-8-7-9-10(13)3-2-4-11(9)17(8)12-14-5-6-15-16-12/h5-7,10H,2-4,13H2,1H3. The molecule has 1 aliphatic carbocycles. The highest BCUT2D eigenvalue weighted by molar-refractivity contribution is 5.37. The van der Waals surface area contributed by atoms with Crippen LogP contribution in [0.2, 0.25) is 0 Å². The molecule has 5 nitrogen and oxygen atoms in total. The van der Waals surface area contributed by atoms with E-state index in [4.69, 9.17) is 5.73 Å². The zero-order valence-corrected chi connectivity index (χ0v) is 9.80. The van der Waals surface area contributed by atoms with Gasteiger partial charge in [0.15, 0.2) is 0 Å². The van der Waals surface area contributed by atoms with E-state index in [2.05, 4.69) is 32.7 Å². The van der Waals surface area contributed by atoms with Crippen LogP contribution in [0.15, 0.2) is 18.5 Å². The maximum atomic E-state index is 6.14. The molecule has 5 heteroatoms. The summed E-state index contributed by atoms with van der Waals surface area (Å²) < 4.78 is 2.07. The third kappa shape index (κ3) is 1.63. The average molecular weight is 229 g/mol. The summed E-state index contributed by atoms with van der Waals surface area (Å²) in [5.41, 5.74) is 9.74. The first-order chi connectivity index (χ1) is 8.27. The van der Waals surface area contributed by atoms with Crippen LogP contribution in [0.5, 0.6) is 0 Å². The fraction of sp³-hybridized carbons (Fsp3) is 0.417. The molecule has 0 saturated heterocycles. The van der Waals surface area contributed by atoms with Gasteiger partial charge in [0, 0.05) is 17.4 Å². The second kappa shape index (κ2) is 3.92. The topological polar surface area (TPSA) is 69.6 Å². The molecule has 3 rings (SSSR count). The quantitative estimate of drug-likeness (QED) is 0.800. The lowest BCUT2D eigenvalue weighted by atomic mass is 9.93. The van der Waals surface area contributed by atoms with E-state index in [9.17, 15) is 0 Å². The fourth-order valence-corrected chi connectivity index (χ4v) is 2.56. The number of hydrogen-bond acceptors (Lipinski definition) is 4. The van der Waals surface area contributed by atoms with Gasteiger partial charge in [0.05, 0.1) is 12.4 Å². The summed E-state index contributed by atoms with van der Waals surface area (Å²) in [4.78, 5) is 4.26. The second-order valence-electron chi connectivity index (χ2n) is 4.46. The number of nitrogens with zero attached hydrogens (tertiary/aromatic N) is 4. The van der Waals surface area contributed by atoms with Crippen molar-refractivity contribution in [3.63, 3.8) is 0 Å². The van der Waals surface area contributed by atoms with Crippen LogP contribution >= 0.6 is 0 Å². The normalized spacial score (nSPS) is 19.1. The number of aryl methyl sites for hydroxylation is 1. The monoisotopic (exact) mass is 229 g/mol. The third-order valence-corrected chi connectivity index (χ3v) is 3.32. The van der Waals surface area contributed by atoms with E-state index in [1.165, 1.54) is 11.3 Å². The Bertz CT molecular complexity index is 531. The predicted octanol–water partition coefficient (Wildman–Crippen LogP) is 1.31. The van der Waals surface area contributed by atoms with Gasteiger partial charge in [-0.15, -0.1) is 5.10 Å². The van der Waals surface area contributed by atoms with E-state index in [1.54, 1.807) is 12.4 Å². The Labute approximate surface area is 99.7 Å². The summed E-state index contributed by atoms with van der Waals surface area (Å²) in [5, 5.41) is 7.96. The summed E-state index contributed by atoms with van der Waals surface area (Å²) in [6.45, 7) is 2.06. The lowest BCUT2D eigenvalue weighted by Crippen LogP contribution is -2.18. The molecule has 0 saturated carbocycles. The van der Waals surface area contributed by atoms with Crippen molar-refractivity contribution in [1.29, 1.82) is 0 Å². The van der Waals surface area contributed by atoms with Crippen LogP contribution in [0.3, 0.4) is 0 Å². The van der Waals surface area contributed by atoms with Crippen molar-refractivity contribution in [3.8, 4) is 5.95 Å². The van der Waals surface area contributed by atoms with Gasteiger partial charge in [-0.1, -0.05) is 0 Å². The van der Waals surface area contributed by atoms with Crippen molar-refractivity contribution in [1.82, 2.24) is 19.7 Å². The maximum Gasteiger partial charge on any atom is 0.253 e. The molecule has 1 unspecified atom stereocenters. The van der Waals surface area contributed by atoms with Gasteiger partial charge in [0.1, 0.15) is 0 Å². The Hall–Kier alpha value is -1.75.